The zero-order chi connectivity index (χ0) is 16.2. The summed E-state index contributed by atoms with van der Waals surface area (Å²) in [4.78, 5) is 2.15. The summed E-state index contributed by atoms with van der Waals surface area (Å²) in [6.07, 6.45) is -2.48. The van der Waals surface area contributed by atoms with Crippen LogP contribution in [0.1, 0.15) is 25.7 Å². The van der Waals surface area contributed by atoms with E-state index < -0.39 is 18.7 Å². The Bertz CT molecular complexity index is 332. The third-order valence-corrected chi connectivity index (χ3v) is 4.59. The lowest BCUT2D eigenvalue weighted by Crippen LogP contribution is -2.53. The van der Waals surface area contributed by atoms with Crippen molar-refractivity contribution in [3.05, 3.63) is 0 Å². The van der Waals surface area contributed by atoms with E-state index in [4.69, 9.17) is 0 Å². The molecule has 22 heavy (non-hydrogen) atoms. The van der Waals surface area contributed by atoms with Crippen LogP contribution in [0.25, 0.3) is 0 Å². The maximum Gasteiger partial charge on any atom is 0.391 e. The van der Waals surface area contributed by atoms with Gasteiger partial charge < -0.3 is 15.0 Å². The highest BCUT2D eigenvalue weighted by Crippen LogP contribution is 2.39. The van der Waals surface area contributed by atoms with Gasteiger partial charge in [0.15, 0.2) is 0 Å². The normalized spacial score (nSPS) is 31.6. The van der Waals surface area contributed by atoms with Crippen molar-refractivity contribution in [2.24, 2.45) is 11.8 Å². The molecule has 2 rings (SSSR count). The van der Waals surface area contributed by atoms with E-state index in [1.54, 1.807) is 0 Å². The lowest BCUT2D eigenvalue weighted by atomic mass is 9.81. The molecule has 3 nitrogen and oxygen atoms in total. The Morgan fingerprint density at radius 2 is 1.82 bits per heavy atom. The van der Waals surface area contributed by atoms with Crippen molar-refractivity contribution in [3.63, 3.8) is 0 Å². The number of piperazine rings is 1. The maximum absolute atomic E-state index is 12.6. The van der Waals surface area contributed by atoms with Gasteiger partial charge in [0.05, 0.1) is 12.5 Å². The predicted molar refractivity (Wildman–Crippen MR) is 71.7 cm³/mol. The minimum atomic E-state index is -4.07. The quantitative estimate of drug-likeness (QED) is 0.785. The Balaban J connectivity index is 1.70. The van der Waals surface area contributed by atoms with Gasteiger partial charge in [0, 0.05) is 32.2 Å². The van der Waals surface area contributed by atoms with Gasteiger partial charge in [-0.15, -0.1) is 0 Å². The fourth-order valence-electron chi connectivity index (χ4n) is 3.40. The van der Waals surface area contributed by atoms with Crippen LogP contribution in [0.15, 0.2) is 0 Å². The van der Waals surface area contributed by atoms with Crippen molar-refractivity contribution in [1.29, 1.82) is 0 Å². The summed E-state index contributed by atoms with van der Waals surface area (Å²) in [6.45, 7) is 0.0209. The first-order valence-electron chi connectivity index (χ1n) is 7.77. The number of halogens is 5. The van der Waals surface area contributed by atoms with Gasteiger partial charge in [-0.2, -0.15) is 22.0 Å². The zero-order valence-corrected chi connectivity index (χ0v) is 12.4. The van der Waals surface area contributed by atoms with E-state index in [1.807, 2.05) is 0 Å². The minimum absolute atomic E-state index is 0.0466. The lowest BCUT2D eigenvalue weighted by Gasteiger charge is -2.37. The predicted octanol–water partition coefficient (Wildman–Crippen LogP) is 2.87. The fourth-order valence-corrected chi connectivity index (χ4v) is 3.40. The molecule has 1 heterocycles. The van der Waals surface area contributed by atoms with Crippen LogP contribution in [-0.4, -0.2) is 56.5 Å². The molecule has 2 aliphatic rings. The van der Waals surface area contributed by atoms with Gasteiger partial charge in [-0.25, -0.2) is 0 Å². The molecule has 130 valence electrons. The Labute approximate surface area is 127 Å². The van der Waals surface area contributed by atoms with Gasteiger partial charge in [0.1, 0.15) is 0 Å². The molecule has 1 N–H and O–H groups in total. The lowest BCUT2D eigenvalue weighted by molar-refractivity contribution is -0.184. The molecule has 0 aromatic rings. The molecule has 1 saturated heterocycles. The second kappa shape index (κ2) is 7.88. The first-order valence-corrected chi connectivity index (χ1v) is 7.77. The van der Waals surface area contributed by atoms with Gasteiger partial charge >= 0.3 is 12.8 Å². The number of alkyl halides is 5. The molecule has 0 bridgehead atoms. The smallest absolute Gasteiger partial charge is 0.321 e. The molecular formula is C14H23F5N2O. The highest BCUT2D eigenvalue weighted by atomic mass is 19.4. The second-order valence-corrected chi connectivity index (χ2v) is 6.26. The van der Waals surface area contributed by atoms with E-state index in [0.29, 0.717) is 25.9 Å². The first-order chi connectivity index (χ1) is 10.3. The number of nitrogens with zero attached hydrogens (tertiary/aromatic N) is 1. The molecule has 1 saturated carbocycles. The molecule has 1 aliphatic carbocycles. The monoisotopic (exact) mass is 330 g/mol. The van der Waals surface area contributed by atoms with Crippen LogP contribution < -0.4 is 5.32 Å². The summed E-state index contributed by atoms with van der Waals surface area (Å²) in [6, 6.07) is -0.144. The van der Waals surface area contributed by atoms with Crippen LogP contribution in [0.3, 0.4) is 0 Å². The van der Waals surface area contributed by atoms with E-state index in [1.165, 1.54) is 0 Å². The van der Waals surface area contributed by atoms with Crippen molar-refractivity contribution in [3.8, 4) is 0 Å². The molecule has 0 aromatic carbocycles. The number of hydrogen-bond acceptors (Lipinski definition) is 3. The highest BCUT2D eigenvalue weighted by molar-refractivity contribution is 4.83. The number of nitrogens with one attached hydrogen (secondary N) is 1. The molecule has 1 atom stereocenters. The van der Waals surface area contributed by atoms with E-state index in [2.05, 4.69) is 15.0 Å². The van der Waals surface area contributed by atoms with Crippen molar-refractivity contribution in [2.45, 2.75) is 44.5 Å². The average Bonchev–Trinajstić information content (AvgIpc) is 2.45. The topological polar surface area (TPSA) is 24.5 Å². The number of hydrogen-bond donors (Lipinski definition) is 1. The van der Waals surface area contributed by atoms with Gasteiger partial charge in [-0.05, 0) is 31.6 Å². The highest BCUT2D eigenvalue weighted by Gasteiger charge is 2.41. The van der Waals surface area contributed by atoms with Crippen LogP contribution >= 0.6 is 0 Å². The molecule has 0 aromatic heterocycles. The Morgan fingerprint density at radius 1 is 1.14 bits per heavy atom. The summed E-state index contributed by atoms with van der Waals surface area (Å²) < 4.78 is 66.3. The summed E-state index contributed by atoms with van der Waals surface area (Å²) in [7, 11) is 0. The number of rotatable bonds is 5. The van der Waals surface area contributed by atoms with Crippen molar-refractivity contribution < 1.29 is 26.7 Å². The maximum atomic E-state index is 12.6. The first kappa shape index (κ1) is 17.9. The molecule has 2 fully saturated rings. The summed E-state index contributed by atoms with van der Waals surface area (Å²) in [5.74, 6) is -0.882. The third kappa shape index (κ3) is 5.62. The molecule has 0 unspecified atom stereocenters. The van der Waals surface area contributed by atoms with Gasteiger partial charge in [0.25, 0.3) is 0 Å². The molecule has 0 radical (unpaired) electrons. The average molecular weight is 330 g/mol. The van der Waals surface area contributed by atoms with Gasteiger partial charge in [-0.1, -0.05) is 0 Å². The third-order valence-electron chi connectivity index (χ3n) is 4.59. The van der Waals surface area contributed by atoms with Crippen LogP contribution in [-0.2, 0) is 4.74 Å². The van der Waals surface area contributed by atoms with E-state index in [0.717, 1.165) is 13.1 Å². The number of ether oxygens (including phenoxy) is 1. The van der Waals surface area contributed by atoms with E-state index in [9.17, 15) is 22.0 Å². The van der Waals surface area contributed by atoms with E-state index >= 15 is 0 Å². The van der Waals surface area contributed by atoms with Crippen LogP contribution in [0.5, 0.6) is 0 Å². The van der Waals surface area contributed by atoms with Crippen molar-refractivity contribution >= 4 is 0 Å². The Hall–Kier alpha value is -0.470. The zero-order valence-electron chi connectivity index (χ0n) is 12.4. The SMILES string of the molecule is FC(F)OC[C@@H]1CN(CC2CCC(C(F)(F)F)CC2)CCN1. The fraction of sp³-hybridized carbons (Fsp3) is 1.00. The van der Waals surface area contributed by atoms with E-state index in [-0.39, 0.29) is 31.4 Å². The second-order valence-electron chi connectivity index (χ2n) is 6.26. The Morgan fingerprint density at radius 3 is 2.41 bits per heavy atom. The minimum Gasteiger partial charge on any atom is -0.321 e. The van der Waals surface area contributed by atoms with Crippen LogP contribution in [0.4, 0.5) is 22.0 Å². The van der Waals surface area contributed by atoms with Gasteiger partial charge in [0.2, 0.25) is 0 Å². The summed E-state index contributed by atoms with van der Waals surface area (Å²) in [5, 5.41) is 3.12. The van der Waals surface area contributed by atoms with Crippen molar-refractivity contribution in [2.75, 3.05) is 32.8 Å². The van der Waals surface area contributed by atoms with Crippen molar-refractivity contribution in [1.82, 2.24) is 10.2 Å². The standard InChI is InChI=1S/C14H23F5N2O/c15-13(16)22-9-12-8-21(6-5-20-12)7-10-1-3-11(4-2-10)14(17,18)19/h10-13,20H,1-9H2/t10?,11?,12-/m0/s1. The molecule has 1 aliphatic heterocycles. The summed E-state index contributed by atoms with van der Waals surface area (Å²) in [5.41, 5.74) is 0. The van der Waals surface area contributed by atoms with Gasteiger partial charge in [-0.3, -0.25) is 0 Å². The Kier molecular flexibility index (Phi) is 6.40. The largest absolute Gasteiger partial charge is 0.391 e. The summed E-state index contributed by atoms with van der Waals surface area (Å²) >= 11 is 0. The van der Waals surface area contributed by atoms with Crippen LogP contribution in [0.2, 0.25) is 0 Å². The molecular weight excluding hydrogens is 307 g/mol. The molecule has 0 spiro atoms. The molecule has 0 amide bonds. The molecule has 8 heteroatoms. The van der Waals surface area contributed by atoms with Crippen LogP contribution in [0, 0.1) is 11.8 Å².